The third kappa shape index (κ3) is 1.92. The molecule has 1 saturated carbocycles. The quantitative estimate of drug-likeness (QED) is 0.826. The molecule has 1 aromatic heterocycles. The first-order valence-corrected chi connectivity index (χ1v) is 6.75. The van der Waals surface area contributed by atoms with E-state index < -0.39 is 0 Å². The third-order valence-electron chi connectivity index (χ3n) is 4.33. The summed E-state index contributed by atoms with van der Waals surface area (Å²) >= 11 is 0. The highest BCUT2D eigenvalue weighted by Gasteiger charge is 2.40. The zero-order chi connectivity index (χ0) is 12.5. The van der Waals surface area contributed by atoms with Crippen LogP contribution >= 0.6 is 0 Å². The maximum Gasteiger partial charge on any atom is 0.257 e. The van der Waals surface area contributed by atoms with Crippen LogP contribution in [0.15, 0.2) is 12.4 Å². The van der Waals surface area contributed by atoms with Gasteiger partial charge in [-0.3, -0.25) is 9.89 Å². The molecule has 5 heteroatoms. The van der Waals surface area contributed by atoms with E-state index in [1.54, 1.807) is 12.4 Å². The Hall–Kier alpha value is -1.36. The molecule has 0 bridgehead atoms. The Bertz CT molecular complexity index is 418. The number of aromatic amines is 1. The summed E-state index contributed by atoms with van der Waals surface area (Å²) in [6, 6.07) is 0.213. The van der Waals surface area contributed by atoms with Crippen LogP contribution in [-0.2, 0) is 0 Å². The van der Waals surface area contributed by atoms with Crippen LogP contribution in [-0.4, -0.2) is 44.8 Å². The van der Waals surface area contributed by atoms with Gasteiger partial charge in [0.2, 0.25) is 0 Å². The van der Waals surface area contributed by atoms with Crippen molar-refractivity contribution in [1.82, 2.24) is 15.1 Å². The van der Waals surface area contributed by atoms with Crippen LogP contribution in [0.5, 0.6) is 0 Å². The largest absolute Gasteiger partial charge is 0.393 e. The summed E-state index contributed by atoms with van der Waals surface area (Å²) in [6.45, 7) is 0.803. The molecule has 3 rings (SSSR count). The van der Waals surface area contributed by atoms with Gasteiger partial charge in [0.05, 0.1) is 17.9 Å². The Kier molecular flexibility index (Phi) is 3.07. The molecule has 1 aliphatic carbocycles. The van der Waals surface area contributed by atoms with Crippen molar-refractivity contribution in [2.45, 2.75) is 44.2 Å². The van der Waals surface area contributed by atoms with Crippen molar-refractivity contribution in [1.29, 1.82) is 0 Å². The summed E-state index contributed by atoms with van der Waals surface area (Å²) in [5.74, 6) is 0.314. The van der Waals surface area contributed by atoms with Crippen molar-refractivity contribution in [3.63, 3.8) is 0 Å². The van der Waals surface area contributed by atoms with Crippen molar-refractivity contribution in [2.24, 2.45) is 5.92 Å². The van der Waals surface area contributed by atoms with E-state index in [0.29, 0.717) is 5.56 Å². The van der Waals surface area contributed by atoms with Crippen LogP contribution in [0.4, 0.5) is 0 Å². The first kappa shape index (κ1) is 11.7. The summed E-state index contributed by atoms with van der Waals surface area (Å²) in [4.78, 5) is 14.3. The third-order valence-corrected chi connectivity index (χ3v) is 4.33. The van der Waals surface area contributed by atoms with Gasteiger partial charge < -0.3 is 10.0 Å². The standard InChI is InChI=1S/C13H19N3O2/c17-12-5-1-3-10(12)11-4-2-6-16(11)13(18)9-7-14-15-8-9/h7-8,10-12,17H,1-6H2,(H,14,15). The number of amides is 1. The van der Waals surface area contributed by atoms with Crippen molar-refractivity contribution >= 4 is 5.91 Å². The molecule has 5 nitrogen and oxygen atoms in total. The predicted octanol–water partition coefficient (Wildman–Crippen LogP) is 1.18. The van der Waals surface area contributed by atoms with Crippen LogP contribution in [0.1, 0.15) is 42.5 Å². The lowest BCUT2D eigenvalue weighted by molar-refractivity contribution is 0.0528. The number of nitrogens with one attached hydrogen (secondary N) is 1. The lowest BCUT2D eigenvalue weighted by Gasteiger charge is -2.31. The van der Waals surface area contributed by atoms with Gasteiger partial charge in [0.25, 0.3) is 5.91 Å². The van der Waals surface area contributed by atoms with E-state index in [2.05, 4.69) is 10.2 Å². The first-order valence-electron chi connectivity index (χ1n) is 6.75. The van der Waals surface area contributed by atoms with E-state index in [9.17, 15) is 9.90 Å². The van der Waals surface area contributed by atoms with Gasteiger partial charge in [0.15, 0.2) is 0 Å². The summed E-state index contributed by atoms with van der Waals surface area (Å²) < 4.78 is 0. The Balaban J connectivity index is 1.77. The van der Waals surface area contributed by atoms with Crippen molar-refractivity contribution in [3.8, 4) is 0 Å². The Labute approximate surface area is 106 Å². The minimum absolute atomic E-state index is 0.0466. The maximum atomic E-state index is 12.4. The second kappa shape index (κ2) is 4.72. The van der Waals surface area contributed by atoms with Gasteiger partial charge in [-0.15, -0.1) is 0 Å². The highest BCUT2D eigenvalue weighted by molar-refractivity contribution is 5.94. The second-order valence-corrected chi connectivity index (χ2v) is 5.36. The molecule has 18 heavy (non-hydrogen) atoms. The molecular weight excluding hydrogens is 230 g/mol. The lowest BCUT2D eigenvalue weighted by atomic mass is 9.94. The molecular formula is C13H19N3O2. The highest BCUT2D eigenvalue weighted by atomic mass is 16.3. The van der Waals surface area contributed by atoms with Crippen molar-refractivity contribution < 1.29 is 9.90 Å². The molecule has 2 aliphatic rings. The molecule has 2 heterocycles. The SMILES string of the molecule is O=C(c1cn[nH]c1)N1CCCC1C1CCCC1O. The molecule has 2 fully saturated rings. The minimum Gasteiger partial charge on any atom is -0.393 e. The van der Waals surface area contributed by atoms with Gasteiger partial charge in [-0.25, -0.2) is 0 Å². The van der Waals surface area contributed by atoms with Gasteiger partial charge in [0, 0.05) is 24.7 Å². The van der Waals surface area contributed by atoms with E-state index >= 15 is 0 Å². The van der Waals surface area contributed by atoms with Gasteiger partial charge >= 0.3 is 0 Å². The highest BCUT2D eigenvalue weighted by Crippen LogP contribution is 2.36. The number of hydrogen-bond donors (Lipinski definition) is 2. The molecule has 3 unspecified atom stereocenters. The number of likely N-dealkylation sites (tertiary alicyclic amines) is 1. The summed E-state index contributed by atoms with van der Waals surface area (Å²) in [7, 11) is 0. The van der Waals surface area contributed by atoms with Gasteiger partial charge in [-0.05, 0) is 25.7 Å². The minimum atomic E-state index is -0.229. The Morgan fingerprint density at radius 3 is 2.94 bits per heavy atom. The molecule has 0 spiro atoms. The van der Waals surface area contributed by atoms with E-state index in [0.717, 1.165) is 38.6 Å². The lowest BCUT2D eigenvalue weighted by Crippen LogP contribution is -2.42. The molecule has 0 radical (unpaired) electrons. The summed E-state index contributed by atoms with van der Waals surface area (Å²) in [6.07, 6.45) is 8.05. The number of rotatable bonds is 2. The number of H-pyrrole nitrogens is 1. The monoisotopic (exact) mass is 249 g/mol. The molecule has 1 aromatic rings. The molecule has 3 atom stereocenters. The van der Waals surface area contributed by atoms with E-state index in [-0.39, 0.29) is 24.0 Å². The van der Waals surface area contributed by atoms with E-state index in [1.165, 1.54) is 0 Å². The van der Waals surface area contributed by atoms with Crippen LogP contribution in [0, 0.1) is 5.92 Å². The Morgan fingerprint density at radius 2 is 2.28 bits per heavy atom. The first-order chi connectivity index (χ1) is 8.77. The average Bonchev–Trinajstić information content (AvgIpc) is 3.09. The van der Waals surface area contributed by atoms with Crippen LogP contribution in [0.3, 0.4) is 0 Å². The summed E-state index contributed by atoms with van der Waals surface area (Å²) in [5, 5.41) is 16.5. The second-order valence-electron chi connectivity index (χ2n) is 5.36. The van der Waals surface area contributed by atoms with E-state index in [4.69, 9.17) is 0 Å². The number of aliphatic hydroxyl groups excluding tert-OH is 1. The summed E-state index contributed by atoms with van der Waals surface area (Å²) in [5.41, 5.74) is 0.620. The van der Waals surface area contributed by atoms with Gasteiger partial charge in [-0.1, -0.05) is 6.42 Å². The molecule has 1 amide bonds. The number of nitrogens with zero attached hydrogens (tertiary/aromatic N) is 2. The number of carbonyl (C=O) groups is 1. The zero-order valence-corrected chi connectivity index (χ0v) is 10.4. The number of aliphatic hydroxyl groups is 1. The maximum absolute atomic E-state index is 12.4. The normalized spacial score (nSPS) is 32.1. The fourth-order valence-corrected chi connectivity index (χ4v) is 3.44. The smallest absolute Gasteiger partial charge is 0.257 e. The predicted molar refractivity (Wildman–Crippen MR) is 66.0 cm³/mol. The van der Waals surface area contributed by atoms with E-state index in [1.807, 2.05) is 4.90 Å². The fraction of sp³-hybridized carbons (Fsp3) is 0.692. The van der Waals surface area contributed by atoms with Gasteiger partial charge in [-0.2, -0.15) is 5.10 Å². The van der Waals surface area contributed by atoms with Crippen molar-refractivity contribution in [3.05, 3.63) is 18.0 Å². The number of aromatic nitrogens is 2. The van der Waals surface area contributed by atoms with Crippen LogP contribution < -0.4 is 0 Å². The van der Waals surface area contributed by atoms with Crippen molar-refractivity contribution in [2.75, 3.05) is 6.54 Å². The Morgan fingerprint density at radius 1 is 1.39 bits per heavy atom. The zero-order valence-electron chi connectivity index (χ0n) is 10.4. The van der Waals surface area contributed by atoms with Crippen LogP contribution in [0.2, 0.25) is 0 Å². The number of hydrogen-bond acceptors (Lipinski definition) is 3. The average molecular weight is 249 g/mol. The topological polar surface area (TPSA) is 69.2 Å². The molecule has 98 valence electrons. The molecule has 1 aliphatic heterocycles. The molecule has 1 saturated heterocycles. The van der Waals surface area contributed by atoms with Crippen LogP contribution in [0.25, 0.3) is 0 Å². The fourth-order valence-electron chi connectivity index (χ4n) is 3.44. The molecule has 2 N–H and O–H groups in total. The molecule has 0 aromatic carbocycles. The number of carbonyl (C=O) groups excluding carboxylic acids is 1. The van der Waals surface area contributed by atoms with Gasteiger partial charge in [0.1, 0.15) is 0 Å².